The van der Waals surface area contributed by atoms with E-state index < -0.39 is 17.6 Å². The molecule has 1 heterocycles. The van der Waals surface area contributed by atoms with Crippen molar-refractivity contribution in [3.8, 4) is 0 Å². The highest BCUT2D eigenvalue weighted by molar-refractivity contribution is 6.43. The lowest BCUT2D eigenvalue weighted by molar-refractivity contribution is -0.137. The standard InChI is InChI=1S/C13H12F3N3O2/c1-19-11(20)7-6-10(18-19)12(21)17-9-4-2-8(3-5-9)13(14,15)16/h2-5H,6-7H2,1H3,(H,17,21). The van der Waals surface area contributed by atoms with Gasteiger partial charge in [-0.1, -0.05) is 0 Å². The lowest BCUT2D eigenvalue weighted by atomic mass is 10.1. The maximum absolute atomic E-state index is 12.4. The fourth-order valence-electron chi connectivity index (χ4n) is 1.78. The van der Waals surface area contributed by atoms with Crippen LogP contribution in [0.2, 0.25) is 0 Å². The minimum Gasteiger partial charge on any atom is -0.321 e. The molecule has 0 saturated heterocycles. The second kappa shape index (κ2) is 5.55. The number of halogens is 3. The van der Waals surface area contributed by atoms with Crippen molar-refractivity contribution >= 4 is 23.2 Å². The van der Waals surface area contributed by atoms with E-state index in [9.17, 15) is 22.8 Å². The lowest BCUT2D eigenvalue weighted by Gasteiger charge is -2.19. The van der Waals surface area contributed by atoms with Gasteiger partial charge in [-0.05, 0) is 24.3 Å². The van der Waals surface area contributed by atoms with Gasteiger partial charge < -0.3 is 5.32 Å². The molecule has 0 aliphatic carbocycles. The lowest BCUT2D eigenvalue weighted by Crippen LogP contribution is -2.34. The van der Waals surface area contributed by atoms with Crippen LogP contribution in [0.25, 0.3) is 0 Å². The third-order valence-electron chi connectivity index (χ3n) is 2.94. The van der Waals surface area contributed by atoms with Gasteiger partial charge in [-0.3, -0.25) is 9.59 Å². The van der Waals surface area contributed by atoms with Crippen LogP contribution in [0, 0.1) is 0 Å². The van der Waals surface area contributed by atoms with E-state index in [-0.39, 0.29) is 30.1 Å². The number of hydrogen-bond acceptors (Lipinski definition) is 3. The summed E-state index contributed by atoms with van der Waals surface area (Å²) in [7, 11) is 1.44. The molecule has 112 valence electrons. The van der Waals surface area contributed by atoms with E-state index in [2.05, 4.69) is 10.4 Å². The highest BCUT2D eigenvalue weighted by atomic mass is 19.4. The molecule has 0 spiro atoms. The molecule has 1 N–H and O–H groups in total. The number of rotatable bonds is 2. The number of hydrogen-bond donors (Lipinski definition) is 1. The highest BCUT2D eigenvalue weighted by Crippen LogP contribution is 2.29. The zero-order valence-corrected chi connectivity index (χ0v) is 11.1. The van der Waals surface area contributed by atoms with Crippen molar-refractivity contribution in [2.45, 2.75) is 19.0 Å². The van der Waals surface area contributed by atoms with Gasteiger partial charge in [-0.2, -0.15) is 18.3 Å². The number of hydrazone groups is 1. The molecule has 2 amide bonds. The number of alkyl halides is 3. The average Bonchev–Trinajstić information content (AvgIpc) is 2.41. The molecule has 0 aromatic heterocycles. The first-order valence-electron chi connectivity index (χ1n) is 6.10. The average molecular weight is 299 g/mol. The zero-order chi connectivity index (χ0) is 15.6. The van der Waals surface area contributed by atoms with E-state index in [1.54, 1.807) is 0 Å². The van der Waals surface area contributed by atoms with Crippen LogP contribution in [-0.4, -0.2) is 29.6 Å². The first kappa shape index (κ1) is 15.0. The zero-order valence-electron chi connectivity index (χ0n) is 11.1. The summed E-state index contributed by atoms with van der Waals surface area (Å²) in [5.74, 6) is -0.727. The Morgan fingerprint density at radius 3 is 2.38 bits per heavy atom. The van der Waals surface area contributed by atoms with Crippen LogP contribution in [0.4, 0.5) is 18.9 Å². The van der Waals surface area contributed by atoms with Crippen LogP contribution < -0.4 is 5.32 Å². The smallest absolute Gasteiger partial charge is 0.321 e. The van der Waals surface area contributed by atoms with E-state index in [0.29, 0.717) is 0 Å². The molecule has 8 heteroatoms. The van der Waals surface area contributed by atoms with E-state index in [0.717, 1.165) is 17.1 Å². The summed E-state index contributed by atoms with van der Waals surface area (Å²) < 4.78 is 37.2. The molecule has 0 bridgehead atoms. The molecule has 0 saturated carbocycles. The third-order valence-corrected chi connectivity index (χ3v) is 2.94. The van der Waals surface area contributed by atoms with Crippen molar-refractivity contribution in [3.63, 3.8) is 0 Å². The summed E-state index contributed by atoms with van der Waals surface area (Å²) in [6.07, 6.45) is -4.04. The second-order valence-corrected chi connectivity index (χ2v) is 4.49. The van der Waals surface area contributed by atoms with Gasteiger partial charge in [0, 0.05) is 25.6 Å². The Morgan fingerprint density at radius 1 is 1.24 bits per heavy atom. The highest BCUT2D eigenvalue weighted by Gasteiger charge is 2.30. The van der Waals surface area contributed by atoms with Gasteiger partial charge >= 0.3 is 6.18 Å². The van der Waals surface area contributed by atoms with Crippen molar-refractivity contribution in [1.82, 2.24) is 5.01 Å². The Morgan fingerprint density at radius 2 is 1.86 bits per heavy atom. The van der Waals surface area contributed by atoms with Gasteiger partial charge in [0.2, 0.25) is 5.91 Å². The summed E-state index contributed by atoms with van der Waals surface area (Å²) in [5, 5.41) is 7.35. The summed E-state index contributed by atoms with van der Waals surface area (Å²) in [6.45, 7) is 0. The molecule has 0 fully saturated rings. The number of nitrogens with zero attached hydrogens (tertiary/aromatic N) is 2. The van der Waals surface area contributed by atoms with Crippen molar-refractivity contribution in [2.24, 2.45) is 5.10 Å². The Labute approximate surface area is 118 Å². The van der Waals surface area contributed by atoms with Crippen LogP contribution in [0.1, 0.15) is 18.4 Å². The van der Waals surface area contributed by atoms with Gasteiger partial charge in [0.05, 0.1) is 5.56 Å². The van der Waals surface area contributed by atoms with Crippen molar-refractivity contribution < 1.29 is 22.8 Å². The largest absolute Gasteiger partial charge is 0.416 e. The number of carbonyl (C=O) groups is 2. The summed E-state index contributed by atoms with van der Waals surface area (Å²) in [6, 6.07) is 4.10. The second-order valence-electron chi connectivity index (χ2n) is 4.49. The number of carbonyl (C=O) groups excluding carboxylic acids is 2. The van der Waals surface area contributed by atoms with Gasteiger partial charge in [0.15, 0.2) is 0 Å². The topological polar surface area (TPSA) is 61.8 Å². The van der Waals surface area contributed by atoms with Crippen molar-refractivity contribution in [1.29, 1.82) is 0 Å². The van der Waals surface area contributed by atoms with Gasteiger partial charge in [-0.25, -0.2) is 5.01 Å². The number of anilines is 1. The summed E-state index contributed by atoms with van der Waals surface area (Å²) in [5.41, 5.74) is -0.395. The first-order chi connectivity index (χ1) is 9.77. The molecule has 0 radical (unpaired) electrons. The van der Waals surface area contributed by atoms with Crippen molar-refractivity contribution in [2.75, 3.05) is 12.4 Å². The quantitative estimate of drug-likeness (QED) is 0.910. The van der Waals surface area contributed by atoms with Crippen LogP contribution in [0.3, 0.4) is 0 Å². The van der Waals surface area contributed by atoms with Crippen molar-refractivity contribution in [3.05, 3.63) is 29.8 Å². The molecule has 1 aromatic rings. The normalized spacial score (nSPS) is 15.7. The maximum atomic E-state index is 12.4. The Kier molecular flexibility index (Phi) is 3.97. The Hall–Kier alpha value is -2.38. The molecule has 5 nitrogen and oxygen atoms in total. The Bertz CT molecular complexity index is 594. The van der Waals surface area contributed by atoms with E-state index >= 15 is 0 Å². The van der Waals surface area contributed by atoms with Crippen LogP contribution in [0.15, 0.2) is 29.4 Å². The van der Waals surface area contributed by atoms with Crippen LogP contribution in [-0.2, 0) is 15.8 Å². The molecule has 0 unspecified atom stereocenters. The van der Waals surface area contributed by atoms with E-state index in [1.165, 1.54) is 19.2 Å². The molecular weight excluding hydrogens is 287 g/mol. The van der Waals surface area contributed by atoms with Crippen LogP contribution >= 0.6 is 0 Å². The molecule has 2 rings (SSSR count). The van der Waals surface area contributed by atoms with Crippen LogP contribution in [0.5, 0.6) is 0 Å². The monoisotopic (exact) mass is 299 g/mol. The fourth-order valence-corrected chi connectivity index (χ4v) is 1.78. The predicted molar refractivity (Wildman–Crippen MR) is 69.5 cm³/mol. The summed E-state index contributed by atoms with van der Waals surface area (Å²) >= 11 is 0. The van der Waals surface area contributed by atoms with E-state index in [1.807, 2.05) is 0 Å². The molecule has 1 aliphatic heterocycles. The molecular formula is C13H12F3N3O2. The maximum Gasteiger partial charge on any atom is 0.416 e. The fraction of sp³-hybridized carbons (Fsp3) is 0.308. The molecule has 1 aromatic carbocycles. The van der Waals surface area contributed by atoms with Gasteiger partial charge in [0.1, 0.15) is 5.71 Å². The predicted octanol–water partition coefficient (Wildman–Crippen LogP) is 2.25. The van der Waals surface area contributed by atoms with Gasteiger partial charge in [0.25, 0.3) is 5.91 Å². The van der Waals surface area contributed by atoms with Gasteiger partial charge in [-0.15, -0.1) is 0 Å². The molecule has 1 aliphatic rings. The number of benzene rings is 1. The Balaban J connectivity index is 2.07. The molecule has 21 heavy (non-hydrogen) atoms. The summed E-state index contributed by atoms with van der Waals surface area (Å²) in [4.78, 5) is 23.1. The minimum atomic E-state index is -4.42. The third kappa shape index (κ3) is 3.59. The minimum absolute atomic E-state index is 0.164. The SMILES string of the molecule is CN1N=C(C(=O)Nc2ccc(C(F)(F)F)cc2)CCC1=O. The number of nitrogens with one attached hydrogen (secondary N) is 1. The van der Waals surface area contributed by atoms with E-state index in [4.69, 9.17) is 0 Å². The number of amides is 2. The first-order valence-corrected chi connectivity index (χ1v) is 6.10. The molecule has 0 atom stereocenters.